The van der Waals surface area contributed by atoms with Gasteiger partial charge in [0.05, 0.1) is 12.5 Å². The summed E-state index contributed by atoms with van der Waals surface area (Å²) in [6.45, 7) is 2.48. The molecule has 2 aliphatic carbocycles. The Morgan fingerprint density at radius 2 is 2.05 bits per heavy atom. The van der Waals surface area contributed by atoms with E-state index in [0.717, 1.165) is 32.5 Å². The third kappa shape index (κ3) is 4.08. The van der Waals surface area contributed by atoms with Crippen molar-refractivity contribution in [1.82, 2.24) is 15.5 Å². The van der Waals surface area contributed by atoms with Gasteiger partial charge in [-0.2, -0.15) is 0 Å². The molecule has 19 heavy (non-hydrogen) atoms. The molecule has 1 heterocycles. The Labute approximate surface area is 119 Å². The maximum atomic E-state index is 12.2. The number of nitrogens with zero attached hydrogens (tertiary/aromatic N) is 1. The first kappa shape index (κ1) is 14.6. The fourth-order valence-corrected chi connectivity index (χ4v) is 2.44. The van der Waals surface area contributed by atoms with Crippen molar-refractivity contribution in [3.8, 4) is 0 Å². The first-order valence-corrected chi connectivity index (χ1v) is 7.04. The van der Waals surface area contributed by atoms with E-state index < -0.39 is 0 Å². The molecule has 0 aromatic rings. The molecule has 108 valence electrons. The van der Waals surface area contributed by atoms with Crippen LogP contribution in [0.15, 0.2) is 0 Å². The third-order valence-corrected chi connectivity index (χ3v) is 3.89. The Kier molecular flexibility index (Phi) is 4.68. The summed E-state index contributed by atoms with van der Waals surface area (Å²) >= 11 is 0. The van der Waals surface area contributed by atoms with Crippen LogP contribution in [0.1, 0.15) is 32.1 Å². The molecular weight excluding hydrogens is 266 g/mol. The largest absolute Gasteiger partial charge is 0.353 e. The summed E-state index contributed by atoms with van der Waals surface area (Å²) in [5.41, 5.74) is 0. The molecule has 1 saturated heterocycles. The number of hydrogen-bond acceptors (Lipinski definition) is 3. The lowest BCUT2D eigenvalue weighted by Gasteiger charge is -2.33. The van der Waals surface area contributed by atoms with E-state index in [4.69, 9.17) is 0 Å². The average molecular weight is 288 g/mol. The van der Waals surface area contributed by atoms with Gasteiger partial charge in [0, 0.05) is 25.7 Å². The zero-order chi connectivity index (χ0) is 12.5. The average Bonchev–Trinajstić information content (AvgIpc) is 3.19. The SMILES string of the molecule is Cl.O=C(CC1NCCN(CC2CC2)C1=O)NC1CC1. The zero-order valence-electron chi connectivity index (χ0n) is 11.1. The number of carbonyl (C=O) groups excluding carboxylic acids is 2. The minimum Gasteiger partial charge on any atom is -0.353 e. The van der Waals surface area contributed by atoms with Crippen molar-refractivity contribution in [3.05, 3.63) is 0 Å². The Hall–Kier alpha value is -0.810. The summed E-state index contributed by atoms with van der Waals surface area (Å²) in [7, 11) is 0. The van der Waals surface area contributed by atoms with E-state index in [2.05, 4.69) is 10.6 Å². The quantitative estimate of drug-likeness (QED) is 0.764. The van der Waals surface area contributed by atoms with Crippen molar-refractivity contribution in [1.29, 1.82) is 0 Å². The minimum atomic E-state index is -0.309. The molecule has 2 amide bonds. The molecule has 2 N–H and O–H groups in total. The number of halogens is 1. The van der Waals surface area contributed by atoms with Crippen LogP contribution in [0.25, 0.3) is 0 Å². The van der Waals surface area contributed by atoms with E-state index in [9.17, 15) is 9.59 Å². The highest BCUT2D eigenvalue weighted by molar-refractivity contribution is 5.89. The Balaban J connectivity index is 0.00000133. The van der Waals surface area contributed by atoms with Crippen molar-refractivity contribution >= 4 is 24.2 Å². The minimum absolute atomic E-state index is 0. The van der Waals surface area contributed by atoms with Crippen LogP contribution in [0.5, 0.6) is 0 Å². The summed E-state index contributed by atoms with van der Waals surface area (Å²) in [5.74, 6) is 0.837. The Morgan fingerprint density at radius 1 is 1.32 bits per heavy atom. The van der Waals surface area contributed by atoms with Crippen molar-refractivity contribution < 1.29 is 9.59 Å². The van der Waals surface area contributed by atoms with Gasteiger partial charge >= 0.3 is 0 Å². The molecule has 3 rings (SSSR count). The van der Waals surface area contributed by atoms with Crippen molar-refractivity contribution in [2.75, 3.05) is 19.6 Å². The van der Waals surface area contributed by atoms with Crippen LogP contribution in [-0.2, 0) is 9.59 Å². The molecule has 0 aromatic carbocycles. The van der Waals surface area contributed by atoms with Gasteiger partial charge in [0.25, 0.3) is 0 Å². The summed E-state index contributed by atoms with van der Waals surface area (Å²) < 4.78 is 0. The predicted molar refractivity (Wildman–Crippen MR) is 74.1 cm³/mol. The second-order valence-corrected chi connectivity index (χ2v) is 5.78. The Morgan fingerprint density at radius 3 is 2.68 bits per heavy atom. The van der Waals surface area contributed by atoms with Gasteiger partial charge in [-0.3, -0.25) is 9.59 Å². The topological polar surface area (TPSA) is 61.4 Å². The van der Waals surface area contributed by atoms with Crippen LogP contribution in [0, 0.1) is 5.92 Å². The normalized spacial score (nSPS) is 26.8. The van der Waals surface area contributed by atoms with Gasteiger partial charge < -0.3 is 15.5 Å². The number of nitrogens with one attached hydrogen (secondary N) is 2. The summed E-state index contributed by atoms with van der Waals surface area (Å²) in [5, 5.41) is 6.10. The molecule has 1 unspecified atom stereocenters. The fourth-order valence-electron chi connectivity index (χ4n) is 2.44. The molecule has 1 atom stereocenters. The highest BCUT2D eigenvalue weighted by Gasteiger charge is 2.34. The lowest BCUT2D eigenvalue weighted by Crippen LogP contribution is -2.56. The maximum Gasteiger partial charge on any atom is 0.240 e. The highest BCUT2D eigenvalue weighted by atomic mass is 35.5. The second kappa shape index (κ2) is 6.09. The van der Waals surface area contributed by atoms with Crippen LogP contribution in [0.2, 0.25) is 0 Å². The molecule has 0 spiro atoms. The van der Waals surface area contributed by atoms with E-state index >= 15 is 0 Å². The highest BCUT2D eigenvalue weighted by Crippen LogP contribution is 2.30. The maximum absolute atomic E-state index is 12.2. The smallest absolute Gasteiger partial charge is 0.240 e. The predicted octanol–water partition coefficient (Wildman–Crippen LogP) is 0.287. The van der Waals surface area contributed by atoms with Gasteiger partial charge in [0.2, 0.25) is 11.8 Å². The van der Waals surface area contributed by atoms with Crippen LogP contribution < -0.4 is 10.6 Å². The number of rotatable bonds is 5. The second-order valence-electron chi connectivity index (χ2n) is 5.78. The molecule has 1 aliphatic heterocycles. The molecule has 0 bridgehead atoms. The van der Waals surface area contributed by atoms with Gasteiger partial charge in [-0.15, -0.1) is 12.4 Å². The van der Waals surface area contributed by atoms with Crippen LogP contribution >= 0.6 is 12.4 Å². The van der Waals surface area contributed by atoms with Gasteiger partial charge in [-0.05, 0) is 31.6 Å². The molecule has 3 fully saturated rings. The van der Waals surface area contributed by atoms with Crippen LogP contribution in [0.4, 0.5) is 0 Å². The van der Waals surface area contributed by atoms with Gasteiger partial charge in [0.1, 0.15) is 0 Å². The zero-order valence-corrected chi connectivity index (χ0v) is 11.9. The fraction of sp³-hybridized carbons (Fsp3) is 0.846. The molecule has 0 radical (unpaired) electrons. The standard InChI is InChI=1S/C13H21N3O2.ClH/c17-12(15-10-3-4-10)7-11-13(18)16(6-5-14-11)8-9-1-2-9;/h9-11,14H,1-8H2,(H,15,17);1H. The van der Waals surface area contributed by atoms with Crippen LogP contribution in [0.3, 0.4) is 0 Å². The molecule has 2 saturated carbocycles. The first-order valence-electron chi connectivity index (χ1n) is 7.04. The molecule has 3 aliphatic rings. The summed E-state index contributed by atoms with van der Waals surface area (Å²) in [6, 6.07) is 0.0648. The van der Waals surface area contributed by atoms with E-state index in [-0.39, 0.29) is 36.7 Å². The molecule has 5 nitrogen and oxygen atoms in total. The summed E-state index contributed by atoms with van der Waals surface area (Å²) in [6.07, 6.45) is 4.97. The lowest BCUT2D eigenvalue weighted by molar-refractivity contribution is -0.138. The lowest BCUT2D eigenvalue weighted by atomic mass is 10.1. The van der Waals surface area contributed by atoms with E-state index in [0.29, 0.717) is 12.0 Å². The molecular formula is C13H22ClN3O2. The number of amides is 2. The number of carbonyl (C=O) groups is 2. The number of piperazine rings is 1. The molecule has 6 heteroatoms. The van der Waals surface area contributed by atoms with E-state index in [1.165, 1.54) is 12.8 Å². The van der Waals surface area contributed by atoms with Crippen molar-refractivity contribution in [2.45, 2.75) is 44.2 Å². The van der Waals surface area contributed by atoms with Crippen molar-refractivity contribution in [2.24, 2.45) is 5.92 Å². The van der Waals surface area contributed by atoms with E-state index in [1.54, 1.807) is 0 Å². The van der Waals surface area contributed by atoms with Gasteiger partial charge in [-0.1, -0.05) is 0 Å². The molecule has 0 aromatic heterocycles. The first-order chi connectivity index (χ1) is 8.72. The summed E-state index contributed by atoms with van der Waals surface area (Å²) in [4.78, 5) is 25.9. The Bertz CT molecular complexity index is 356. The van der Waals surface area contributed by atoms with Crippen LogP contribution in [-0.4, -0.2) is 48.4 Å². The monoisotopic (exact) mass is 287 g/mol. The van der Waals surface area contributed by atoms with Crippen molar-refractivity contribution in [3.63, 3.8) is 0 Å². The van der Waals surface area contributed by atoms with Gasteiger partial charge in [-0.25, -0.2) is 0 Å². The number of hydrogen-bond donors (Lipinski definition) is 2. The van der Waals surface area contributed by atoms with E-state index in [1.807, 2.05) is 4.90 Å². The van der Waals surface area contributed by atoms with Gasteiger partial charge in [0.15, 0.2) is 0 Å². The third-order valence-electron chi connectivity index (χ3n) is 3.89.